The molecule has 0 aliphatic rings. The van der Waals surface area contributed by atoms with Gasteiger partial charge in [0.1, 0.15) is 5.82 Å². The number of nitrogen functional groups attached to an aromatic ring is 2. The number of amides is 1. The van der Waals surface area contributed by atoms with Gasteiger partial charge < -0.3 is 16.8 Å². The maximum absolute atomic E-state index is 12.4. The monoisotopic (exact) mass is 363 g/mol. The molecule has 0 aliphatic heterocycles. The van der Waals surface area contributed by atoms with Crippen molar-refractivity contribution in [3.63, 3.8) is 0 Å². The lowest BCUT2D eigenvalue weighted by atomic mass is 10.1. The second-order valence-corrected chi connectivity index (χ2v) is 5.95. The highest BCUT2D eigenvalue weighted by Crippen LogP contribution is 2.17. The third-order valence-electron chi connectivity index (χ3n) is 3.88. The van der Waals surface area contributed by atoms with Gasteiger partial charge in [-0.25, -0.2) is 10.5 Å². The number of aromatic nitrogens is 1. The van der Waals surface area contributed by atoms with E-state index < -0.39 is 0 Å². The molecule has 0 bridgehead atoms. The third kappa shape index (κ3) is 5.20. The van der Waals surface area contributed by atoms with E-state index in [9.17, 15) is 4.79 Å². The fraction of sp³-hybridized carbons (Fsp3) is 0.100. The summed E-state index contributed by atoms with van der Waals surface area (Å²) >= 11 is 0. The second kappa shape index (κ2) is 8.68. The molecule has 0 unspecified atom stereocenters. The smallest absolute Gasteiger partial charge is 0.276 e. The van der Waals surface area contributed by atoms with Crippen LogP contribution in [0.4, 0.5) is 17.2 Å². The number of carbonyl (C=O) groups excluding carboxylic acids is 1. The van der Waals surface area contributed by atoms with Gasteiger partial charge in [0, 0.05) is 24.1 Å². The topological polar surface area (TPSA) is 115 Å². The Morgan fingerprint density at radius 3 is 2.56 bits per heavy atom. The Labute approximate surface area is 157 Å². The zero-order chi connectivity index (χ0) is 19.1. The van der Waals surface area contributed by atoms with Crippen LogP contribution in [0.15, 0.2) is 66.9 Å². The van der Waals surface area contributed by atoms with Gasteiger partial charge >= 0.3 is 0 Å². The molecule has 1 amide bonds. The minimum Gasteiger partial charge on any atom is -0.399 e. The van der Waals surface area contributed by atoms with Gasteiger partial charge in [0.05, 0.1) is 12.2 Å². The van der Waals surface area contributed by atoms with Crippen molar-refractivity contribution in [2.24, 2.45) is 0 Å². The number of hydrogen-bond acceptors (Lipinski definition) is 6. The van der Waals surface area contributed by atoms with Crippen molar-refractivity contribution in [3.8, 4) is 0 Å². The maximum Gasteiger partial charge on any atom is 0.276 e. The van der Waals surface area contributed by atoms with Crippen molar-refractivity contribution in [1.29, 1.82) is 0 Å². The highest BCUT2D eigenvalue weighted by Gasteiger charge is 2.11. The van der Waals surface area contributed by atoms with Crippen LogP contribution in [0.5, 0.6) is 0 Å². The number of anilines is 3. The van der Waals surface area contributed by atoms with Crippen molar-refractivity contribution in [2.75, 3.05) is 16.8 Å². The lowest BCUT2D eigenvalue weighted by molar-refractivity contribution is 0.0234. The van der Waals surface area contributed by atoms with Crippen LogP contribution in [0.25, 0.3) is 0 Å². The predicted molar refractivity (Wildman–Crippen MR) is 106 cm³/mol. The fourth-order valence-corrected chi connectivity index (χ4v) is 2.49. The van der Waals surface area contributed by atoms with Gasteiger partial charge in [-0.15, -0.1) is 0 Å². The van der Waals surface area contributed by atoms with E-state index in [-0.39, 0.29) is 12.5 Å². The number of hydroxylamine groups is 1. The average Bonchev–Trinajstić information content (AvgIpc) is 2.68. The van der Waals surface area contributed by atoms with Gasteiger partial charge in [-0.3, -0.25) is 9.63 Å². The Hall–Kier alpha value is -3.58. The Balaban J connectivity index is 1.58. The van der Waals surface area contributed by atoms with Crippen LogP contribution < -0.4 is 22.3 Å². The normalized spacial score (nSPS) is 10.4. The molecule has 0 atom stereocenters. The number of nitrogens with zero attached hydrogens (tertiary/aromatic N) is 1. The first-order valence-corrected chi connectivity index (χ1v) is 8.41. The minimum absolute atomic E-state index is 0.248. The summed E-state index contributed by atoms with van der Waals surface area (Å²) in [6, 6.07) is 18.1. The van der Waals surface area contributed by atoms with Gasteiger partial charge in [0.25, 0.3) is 5.91 Å². The number of nitrogens with two attached hydrogens (primary N) is 2. The van der Waals surface area contributed by atoms with Crippen molar-refractivity contribution in [1.82, 2.24) is 10.5 Å². The van der Waals surface area contributed by atoms with Crippen molar-refractivity contribution in [2.45, 2.75) is 13.2 Å². The van der Waals surface area contributed by atoms with E-state index in [2.05, 4.69) is 15.8 Å². The molecule has 3 aromatic rings. The number of rotatable bonds is 7. The lowest BCUT2D eigenvalue weighted by Gasteiger charge is -2.12. The summed E-state index contributed by atoms with van der Waals surface area (Å²) in [6.07, 6.45) is 1.65. The summed E-state index contributed by atoms with van der Waals surface area (Å²) in [7, 11) is 0. The molecule has 0 radical (unpaired) electrons. The molecule has 1 aromatic heterocycles. The van der Waals surface area contributed by atoms with Crippen molar-refractivity contribution >= 4 is 23.1 Å². The Bertz CT molecular complexity index is 912. The number of carbonyl (C=O) groups is 1. The molecule has 1 heterocycles. The summed E-state index contributed by atoms with van der Waals surface area (Å²) in [5.41, 5.74) is 17.5. The van der Waals surface area contributed by atoms with E-state index in [1.807, 2.05) is 30.3 Å². The molecule has 0 fully saturated rings. The molecule has 0 saturated heterocycles. The van der Waals surface area contributed by atoms with Crippen molar-refractivity contribution < 1.29 is 9.63 Å². The second-order valence-electron chi connectivity index (χ2n) is 5.95. The van der Waals surface area contributed by atoms with Crippen LogP contribution in [-0.4, -0.2) is 10.9 Å². The molecule has 0 spiro atoms. The summed E-state index contributed by atoms with van der Waals surface area (Å²) in [4.78, 5) is 21.7. The first kappa shape index (κ1) is 18.2. The Morgan fingerprint density at radius 1 is 1.00 bits per heavy atom. The zero-order valence-corrected chi connectivity index (χ0v) is 14.7. The molecule has 138 valence electrons. The van der Waals surface area contributed by atoms with Crippen LogP contribution in [0, 0.1) is 0 Å². The number of para-hydroxylation sites is 1. The van der Waals surface area contributed by atoms with Gasteiger partial charge in [0.15, 0.2) is 0 Å². The first-order chi connectivity index (χ1) is 13.1. The third-order valence-corrected chi connectivity index (χ3v) is 3.88. The molecule has 0 aliphatic carbocycles. The molecule has 27 heavy (non-hydrogen) atoms. The van der Waals surface area contributed by atoms with Crippen LogP contribution in [0.3, 0.4) is 0 Å². The average molecular weight is 363 g/mol. The largest absolute Gasteiger partial charge is 0.399 e. The van der Waals surface area contributed by atoms with Gasteiger partial charge in [0.2, 0.25) is 0 Å². The van der Waals surface area contributed by atoms with Gasteiger partial charge in [-0.1, -0.05) is 24.3 Å². The molecule has 7 heteroatoms. The SMILES string of the molecule is Nc1ccc(CONC(=O)c2ccccc2NCc2ccnc(N)c2)cc1. The first-order valence-electron chi connectivity index (χ1n) is 8.41. The lowest BCUT2D eigenvalue weighted by Crippen LogP contribution is -2.24. The van der Waals surface area contributed by atoms with Crippen LogP contribution >= 0.6 is 0 Å². The van der Waals surface area contributed by atoms with Gasteiger partial charge in [-0.2, -0.15) is 0 Å². The molecule has 7 nitrogen and oxygen atoms in total. The van der Waals surface area contributed by atoms with E-state index in [0.29, 0.717) is 29.3 Å². The van der Waals surface area contributed by atoms with Crippen LogP contribution in [-0.2, 0) is 18.0 Å². The summed E-state index contributed by atoms with van der Waals surface area (Å²) in [5.74, 6) is 0.124. The van der Waals surface area contributed by atoms with Crippen LogP contribution in [0.2, 0.25) is 0 Å². The summed E-state index contributed by atoms with van der Waals surface area (Å²) in [5, 5.41) is 3.24. The summed E-state index contributed by atoms with van der Waals surface area (Å²) in [6.45, 7) is 0.765. The molecular weight excluding hydrogens is 342 g/mol. The van der Waals surface area contributed by atoms with E-state index >= 15 is 0 Å². The zero-order valence-electron chi connectivity index (χ0n) is 14.7. The molecule has 2 aromatic carbocycles. The van der Waals surface area contributed by atoms with E-state index in [1.54, 1.807) is 36.5 Å². The van der Waals surface area contributed by atoms with E-state index in [4.69, 9.17) is 16.3 Å². The quantitative estimate of drug-likeness (QED) is 0.379. The Morgan fingerprint density at radius 2 is 1.78 bits per heavy atom. The predicted octanol–water partition coefficient (Wildman–Crippen LogP) is 2.72. The molecule has 3 rings (SSSR count). The number of nitrogens with one attached hydrogen (secondary N) is 2. The number of hydrogen-bond donors (Lipinski definition) is 4. The minimum atomic E-state index is -0.331. The van der Waals surface area contributed by atoms with E-state index in [1.165, 1.54) is 0 Å². The van der Waals surface area contributed by atoms with Crippen LogP contribution in [0.1, 0.15) is 21.5 Å². The molecule has 0 saturated carbocycles. The fourth-order valence-electron chi connectivity index (χ4n) is 2.49. The van der Waals surface area contributed by atoms with E-state index in [0.717, 1.165) is 11.1 Å². The summed E-state index contributed by atoms with van der Waals surface area (Å²) < 4.78 is 0. The Kier molecular flexibility index (Phi) is 5.86. The molecular formula is C20H21N5O2. The number of pyridine rings is 1. The molecule has 6 N–H and O–H groups in total. The van der Waals surface area contributed by atoms with Gasteiger partial charge in [-0.05, 0) is 47.5 Å². The standard InChI is InChI=1S/C20H21N5O2/c21-16-7-5-14(6-8-16)13-27-25-20(26)17-3-1-2-4-18(17)24-12-15-9-10-23-19(22)11-15/h1-11,24H,12-13,21H2,(H2,22,23)(H,25,26). The highest BCUT2D eigenvalue weighted by atomic mass is 16.6. The number of benzene rings is 2. The van der Waals surface area contributed by atoms with Crippen molar-refractivity contribution in [3.05, 3.63) is 83.6 Å². The highest BCUT2D eigenvalue weighted by molar-refractivity contribution is 5.99. The maximum atomic E-state index is 12.4.